The molecule has 2 rings (SSSR count). The molecule has 0 unspecified atom stereocenters. The highest BCUT2D eigenvalue weighted by atomic mass is 15.2. The van der Waals surface area contributed by atoms with Gasteiger partial charge in [-0.2, -0.15) is 0 Å². The maximum Gasteiger partial charge on any atom is 0.0416 e. The lowest BCUT2D eigenvalue weighted by Gasteiger charge is -2.26. The van der Waals surface area contributed by atoms with Crippen molar-refractivity contribution in [3.63, 3.8) is 0 Å². The Hall–Kier alpha value is -0.930. The van der Waals surface area contributed by atoms with Gasteiger partial charge < -0.3 is 10.2 Å². The van der Waals surface area contributed by atoms with Gasteiger partial charge >= 0.3 is 0 Å². The van der Waals surface area contributed by atoms with Gasteiger partial charge in [0.15, 0.2) is 0 Å². The summed E-state index contributed by atoms with van der Waals surface area (Å²) >= 11 is 0. The van der Waals surface area contributed by atoms with E-state index >= 15 is 0 Å². The van der Waals surface area contributed by atoms with Crippen molar-refractivity contribution >= 4 is 0 Å². The zero-order chi connectivity index (χ0) is 9.64. The van der Waals surface area contributed by atoms with Crippen LogP contribution in [-0.2, 0) is 6.42 Å². The normalized spacial score (nSPS) is 18.3. The predicted octanol–water partition coefficient (Wildman–Crippen LogP) is 0.529. The first-order valence-corrected chi connectivity index (χ1v) is 5.28. The molecule has 0 aromatic carbocycles. The van der Waals surface area contributed by atoms with Gasteiger partial charge in [0.05, 0.1) is 0 Å². The predicted molar refractivity (Wildman–Crippen MR) is 57.3 cm³/mol. The fourth-order valence-corrected chi connectivity index (χ4v) is 1.75. The van der Waals surface area contributed by atoms with Crippen LogP contribution in [0, 0.1) is 0 Å². The maximum absolute atomic E-state index is 4.32. The molecular weight excluding hydrogens is 174 g/mol. The molecule has 3 nitrogen and oxygen atoms in total. The van der Waals surface area contributed by atoms with Gasteiger partial charge in [-0.1, -0.05) is 6.07 Å². The standard InChI is InChI=1S/C11H17N3/c1-2-5-13-11(3-1)4-8-14-9-6-12-7-10-14/h1-3,5,12H,4,6-10H2. The Morgan fingerprint density at radius 1 is 1.29 bits per heavy atom. The van der Waals surface area contributed by atoms with Crippen molar-refractivity contribution in [2.45, 2.75) is 6.42 Å². The molecule has 76 valence electrons. The van der Waals surface area contributed by atoms with Crippen LogP contribution in [0.1, 0.15) is 5.69 Å². The Morgan fingerprint density at radius 3 is 2.86 bits per heavy atom. The summed E-state index contributed by atoms with van der Waals surface area (Å²) < 4.78 is 0. The van der Waals surface area contributed by atoms with Gasteiger partial charge in [0.2, 0.25) is 0 Å². The number of aromatic nitrogens is 1. The number of rotatable bonds is 3. The second-order valence-corrected chi connectivity index (χ2v) is 3.66. The van der Waals surface area contributed by atoms with E-state index in [-0.39, 0.29) is 0 Å². The van der Waals surface area contributed by atoms with Gasteiger partial charge in [-0.15, -0.1) is 0 Å². The molecule has 1 aliphatic rings. The maximum atomic E-state index is 4.32. The minimum Gasteiger partial charge on any atom is -0.314 e. The number of nitrogens with one attached hydrogen (secondary N) is 1. The van der Waals surface area contributed by atoms with Gasteiger partial charge in [0, 0.05) is 51.0 Å². The minimum absolute atomic E-state index is 1.07. The number of pyridine rings is 1. The van der Waals surface area contributed by atoms with Gasteiger partial charge in [-0.3, -0.25) is 4.98 Å². The Kier molecular flexibility index (Phi) is 3.49. The van der Waals surface area contributed by atoms with E-state index in [1.54, 1.807) is 0 Å². The van der Waals surface area contributed by atoms with E-state index in [2.05, 4.69) is 27.3 Å². The molecule has 3 heteroatoms. The zero-order valence-electron chi connectivity index (χ0n) is 8.45. The van der Waals surface area contributed by atoms with Gasteiger partial charge in [-0.25, -0.2) is 0 Å². The van der Waals surface area contributed by atoms with Crippen LogP contribution in [0.2, 0.25) is 0 Å². The topological polar surface area (TPSA) is 28.2 Å². The monoisotopic (exact) mass is 191 g/mol. The Labute approximate surface area is 85.1 Å². The first-order chi connectivity index (χ1) is 6.95. The van der Waals surface area contributed by atoms with Crippen LogP contribution in [-0.4, -0.2) is 42.6 Å². The molecule has 0 bridgehead atoms. The van der Waals surface area contributed by atoms with Crippen LogP contribution in [0.3, 0.4) is 0 Å². The summed E-state index contributed by atoms with van der Waals surface area (Å²) in [6.07, 6.45) is 2.94. The van der Waals surface area contributed by atoms with Gasteiger partial charge in [-0.05, 0) is 12.1 Å². The van der Waals surface area contributed by atoms with Crippen LogP contribution in [0.4, 0.5) is 0 Å². The average Bonchev–Trinajstić information content (AvgIpc) is 2.29. The van der Waals surface area contributed by atoms with E-state index in [9.17, 15) is 0 Å². The van der Waals surface area contributed by atoms with E-state index in [4.69, 9.17) is 0 Å². The molecule has 0 aliphatic carbocycles. The summed E-state index contributed by atoms with van der Waals surface area (Å²) in [5, 5.41) is 3.36. The van der Waals surface area contributed by atoms with E-state index in [0.29, 0.717) is 0 Å². The highest BCUT2D eigenvalue weighted by Gasteiger charge is 2.08. The van der Waals surface area contributed by atoms with Crippen LogP contribution >= 0.6 is 0 Å². The van der Waals surface area contributed by atoms with Crippen LogP contribution < -0.4 is 5.32 Å². The van der Waals surface area contributed by atoms with E-state index in [1.807, 2.05) is 12.3 Å². The van der Waals surface area contributed by atoms with E-state index in [1.165, 1.54) is 18.8 Å². The molecule has 0 atom stereocenters. The molecule has 1 fully saturated rings. The van der Waals surface area contributed by atoms with Crippen molar-refractivity contribution in [2.75, 3.05) is 32.7 Å². The lowest BCUT2D eigenvalue weighted by atomic mass is 10.2. The fraction of sp³-hybridized carbons (Fsp3) is 0.545. The largest absolute Gasteiger partial charge is 0.314 e. The first-order valence-electron chi connectivity index (χ1n) is 5.28. The number of hydrogen-bond acceptors (Lipinski definition) is 3. The third-order valence-electron chi connectivity index (χ3n) is 2.62. The van der Waals surface area contributed by atoms with Crippen molar-refractivity contribution in [1.29, 1.82) is 0 Å². The van der Waals surface area contributed by atoms with Crippen molar-refractivity contribution in [3.05, 3.63) is 30.1 Å². The third-order valence-corrected chi connectivity index (χ3v) is 2.62. The lowest BCUT2D eigenvalue weighted by Crippen LogP contribution is -2.44. The molecule has 2 heterocycles. The smallest absolute Gasteiger partial charge is 0.0416 e. The van der Waals surface area contributed by atoms with Gasteiger partial charge in [0.1, 0.15) is 0 Å². The summed E-state index contributed by atoms with van der Waals surface area (Å²) in [6.45, 7) is 5.74. The molecule has 0 saturated carbocycles. The van der Waals surface area contributed by atoms with Crippen LogP contribution in [0.25, 0.3) is 0 Å². The average molecular weight is 191 g/mol. The summed E-state index contributed by atoms with van der Waals surface area (Å²) in [5.41, 5.74) is 1.20. The second-order valence-electron chi connectivity index (χ2n) is 3.66. The molecule has 0 spiro atoms. The molecule has 1 saturated heterocycles. The number of piperazine rings is 1. The highest BCUT2D eigenvalue weighted by Crippen LogP contribution is 1.98. The van der Waals surface area contributed by atoms with Crippen LogP contribution in [0.15, 0.2) is 24.4 Å². The quantitative estimate of drug-likeness (QED) is 0.755. The highest BCUT2D eigenvalue weighted by molar-refractivity contribution is 5.03. The van der Waals surface area contributed by atoms with E-state index in [0.717, 1.165) is 26.1 Å². The van der Waals surface area contributed by atoms with Crippen molar-refractivity contribution in [3.8, 4) is 0 Å². The molecule has 14 heavy (non-hydrogen) atoms. The molecule has 1 aromatic heterocycles. The lowest BCUT2D eigenvalue weighted by molar-refractivity contribution is 0.243. The molecule has 1 aromatic rings. The number of nitrogens with zero attached hydrogens (tertiary/aromatic N) is 2. The zero-order valence-corrected chi connectivity index (χ0v) is 8.45. The minimum atomic E-state index is 1.07. The fourth-order valence-electron chi connectivity index (χ4n) is 1.75. The van der Waals surface area contributed by atoms with E-state index < -0.39 is 0 Å². The first kappa shape index (κ1) is 9.62. The Balaban J connectivity index is 1.76. The molecule has 1 aliphatic heterocycles. The van der Waals surface area contributed by atoms with Crippen molar-refractivity contribution < 1.29 is 0 Å². The van der Waals surface area contributed by atoms with Crippen LogP contribution in [0.5, 0.6) is 0 Å². The Morgan fingerprint density at radius 2 is 2.14 bits per heavy atom. The second kappa shape index (κ2) is 5.08. The van der Waals surface area contributed by atoms with Crippen molar-refractivity contribution in [2.24, 2.45) is 0 Å². The molecule has 1 N–H and O–H groups in total. The molecule has 0 radical (unpaired) electrons. The molecular formula is C11H17N3. The summed E-state index contributed by atoms with van der Waals surface area (Å²) in [4.78, 5) is 6.81. The molecule has 0 amide bonds. The number of hydrogen-bond donors (Lipinski definition) is 1. The summed E-state index contributed by atoms with van der Waals surface area (Å²) in [5.74, 6) is 0. The summed E-state index contributed by atoms with van der Waals surface area (Å²) in [6, 6.07) is 6.12. The van der Waals surface area contributed by atoms with Crippen molar-refractivity contribution in [1.82, 2.24) is 15.2 Å². The van der Waals surface area contributed by atoms with Gasteiger partial charge in [0.25, 0.3) is 0 Å². The Bertz CT molecular complexity index is 254. The SMILES string of the molecule is c1ccc(CCN2CCNCC2)nc1. The third kappa shape index (κ3) is 2.79. The summed E-state index contributed by atoms with van der Waals surface area (Å²) in [7, 11) is 0.